The van der Waals surface area contributed by atoms with Crippen molar-refractivity contribution in [3.8, 4) is 5.75 Å². The van der Waals surface area contributed by atoms with Gasteiger partial charge in [0.05, 0.1) is 13.7 Å². The van der Waals surface area contributed by atoms with E-state index in [1.807, 2.05) is 24.3 Å². The lowest BCUT2D eigenvalue weighted by molar-refractivity contribution is 0.238. The van der Waals surface area contributed by atoms with E-state index in [-0.39, 0.29) is 5.84 Å². The molecule has 0 aliphatic heterocycles. The van der Waals surface area contributed by atoms with Crippen LogP contribution in [0.1, 0.15) is 19.4 Å². The highest BCUT2D eigenvalue weighted by Crippen LogP contribution is 2.14. The molecule has 18 heavy (non-hydrogen) atoms. The Morgan fingerprint density at radius 3 is 2.44 bits per heavy atom. The third-order valence-electron chi connectivity index (χ3n) is 2.77. The van der Waals surface area contributed by atoms with Gasteiger partial charge in [-0.1, -0.05) is 17.3 Å². The maximum Gasteiger partial charge on any atom is 0.153 e. The summed E-state index contributed by atoms with van der Waals surface area (Å²) in [6, 6.07) is 8.20. The molecule has 0 spiro atoms. The maximum absolute atomic E-state index is 8.62. The number of nitrogens with zero attached hydrogens (tertiary/aromatic N) is 2. The van der Waals surface area contributed by atoms with Crippen molar-refractivity contribution in [3.05, 3.63) is 29.8 Å². The summed E-state index contributed by atoms with van der Waals surface area (Å²) in [5, 5.41) is 11.6. The van der Waals surface area contributed by atoms with Gasteiger partial charge in [0.15, 0.2) is 5.84 Å². The third-order valence-corrected chi connectivity index (χ3v) is 2.77. The van der Waals surface area contributed by atoms with E-state index in [1.54, 1.807) is 7.11 Å². The number of hydrogen-bond donors (Lipinski definition) is 2. The quantitative estimate of drug-likeness (QED) is 0.349. The minimum atomic E-state index is 0.220. The predicted octanol–water partition coefficient (Wildman–Crippen LogP) is 1.65. The molecule has 5 heteroatoms. The van der Waals surface area contributed by atoms with Gasteiger partial charge >= 0.3 is 0 Å². The number of hydrogen-bond acceptors (Lipinski definition) is 4. The smallest absolute Gasteiger partial charge is 0.153 e. The fraction of sp³-hybridized carbons (Fsp3) is 0.462. The molecule has 0 aliphatic rings. The van der Waals surface area contributed by atoms with E-state index in [1.165, 1.54) is 0 Å². The summed E-state index contributed by atoms with van der Waals surface area (Å²) in [6.45, 7) is 5.35. The van der Waals surface area contributed by atoms with E-state index in [9.17, 15) is 0 Å². The lowest BCUT2D eigenvalue weighted by Gasteiger charge is -2.25. The Labute approximate surface area is 108 Å². The second-order valence-electron chi connectivity index (χ2n) is 4.44. The van der Waals surface area contributed by atoms with Crippen LogP contribution in [0.15, 0.2) is 29.4 Å². The summed E-state index contributed by atoms with van der Waals surface area (Å²) < 4.78 is 5.12. The average Bonchev–Trinajstić information content (AvgIpc) is 2.38. The van der Waals surface area contributed by atoms with Gasteiger partial charge in [-0.15, -0.1) is 0 Å². The molecule has 0 amide bonds. The Hall–Kier alpha value is -1.75. The molecule has 100 valence electrons. The molecule has 1 rings (SSSR count). The van der Waals surface area contributed by atoms with Crippen molar-refractivity contribution in [2.45, 2.75) is 26.4 Å². The van der Waals surface area contributed by atoms with Gasteiger partial charge in [-0.05, 0) is 31.5 Å². The van der Waals surface area contributed by atoms with Crippen LogP contribution in [0.3, 0.4) is 0 Å². The molecular weight excluding hydrogens is 230 g/mol. The molecule has 5 nitrogen and oxygen atoms in total. The van der Waals surface area contributed by atoms with Crippen LogP contribution in [0.5, 0.6) is 5.75 Å². The van der Waals surface area contributed by atoms with Gasteiger partial charge in [0, 0.05) is 12.6 Å². The zero-order valence-electron chi connectivity index (χ0n) is 11.1. The molecule has 0 fully saturated rings. The van der Waals surface area contributed by atoms with Crippen LogP contribution in [0.25, 0.3) is 0 Å². The standard InChI is InChI=1S/C13H21N3O2/c1-10(2)16(9-13(14)15-17)8-11-4-6-12(18-3)7-5-11/h4-7,10,17H,8-9H2,1-3H3,(H2,14,15). The van der Waals surface area contributed by atoms with E-state index in [2.05, 4.69) is 23.9 Å². The van der Waals surface area contributed by atoms with E-state index < -0.39 is 0 Å². The molecule has 3 N–H and O–H groups in total. The van der Waals surface area contributed by atoms with Crippen LogP contribution in [0, 0.1) is 0 Å². The monoisotopic (exact) mass is 251 g/mol. The molecule has 0 aromatic heterocycles. The number of rotatable bonds is 6. The van der Waals surface area contributed by atoms with Crippen LogP contribution in [-0.2, 0) is 6.54 Å². The number of ether oxygens (including phenoxy) is 1. The second kappa shape index (κ2) is 6.86. The Morgan fingerprint density at radius 1 is 1.39 bits per heavy atom. The van der Waals surface area contributed by atoms with Crippen molar-refractivity contribution >= 4 is 5.84 Å². The summed E-state index contributed by atoms with van der Waals surface area (Å²) in [5.74, 6) is 1.06. The van der Waals surface area contributed by atoms with Crippen molar-refractivity contribution in [1.82, 2.24) is 4.90 Å². The molecule has 0 radical (unpaired) electrons. The number of benzene rings is 1. The summed E-state index contributed by atoms with van der Waals surface area (Å²) in [7, 11) is 1.65. The molecule has 1 aromatic carbocycles. The molecule has 0 unspecified atom stereocenters. The first kappa shape index (κ1) is 14.3. The molecule has 0 saturated carbocycles. The van der Waals surface area contributed by atoms with Gasteiger partial charge in [-0.25, -0.2) is 0 Å². The third kappa shape index (κ3) is 4.25. The van der Waals surface area contributed by atoms with Gasteiger partial charge in [0.25, 0.3) is 0 Å². The molecule has 0 atom stereocenters. The number of methoxy groups -OCH3 is 1. The highest BCUT2D eigenvalue weighted by atomic mass is 16.5. The summed E-state index contributed by atoms with van der Waals surface area (Å²) in [5.41, 5.74) is 6.71. The molecule has 0 aliphatic carbocycles. The summed E-state index contributed by atoms with van der Waals surface area (Å²) in [4.78, 5) is 2.12. The van der Waals surface area contributed by atoms with Crippen molar-refractivity contribution in [3.63, 3.8) is 0 Å². The summed E-state index contributed by atoms with van der Waals surface area (Å²) >= 11 is 0. The second-order valence-corrected chi connectivity index (χ2v) is 4.44. The molecular formula is C13H21N3O2. The van der Waals surface area contributed by atoms with Crippen molar-refractivity contribution in [2.75, 3.05) is 13.7 Å². The van der Waals surface area contributed by atoms with E-state index in [0.29, 0.717) is 12.6 Å². The fourth-order valence-corrected chi connectivity index (χ4v) is 1.63. The first-order valence-electron chi connectivity index (χ1n) is 5.90. The van der Waals surface area contributed by atoms with Gasteiger partial charge in [-0.3, -0.25) is 4.90 Å². The number of amidine groups is 1. The first-order valence-corrected chi connectivity index (χ1v) is 5.90. The Kier molecular flexibility index (Phi) is 5.45. The molecule has 1 aromatic rings. The van der Waals surface area contributed by atoms with Crippen LogP contribution < -0.4 is 10.5 Å². The lowest BCUT2D eigenvalue weighted by atomic mass is 10.2. The van der Waals surface area contributed by atoms with Crippen LogP contribution >= 0.6 is 0 Å². The SMILES string of the molecule is COc1ccc(CN(CC(N)=NO)C(C)C)cc1. The van der Waals surface area contributed by atoms with E-state index in [4.69, 9.17) is 15.7 Å². The maximum atomic E-state index is 8.62. The number of oxime groups is 1. The van der Waals surface area contributed by atoms with Gasteiger partial charge in [0.2, 0.25) is 0 Å². The zero-order chi connectivity index (χ0) is 13.5. The minimum Gasteiger partial charge on any atom is -0.497 e. The minimum absolute atomic E-state index is 0.220. The van der Waals surface area contributed by atoms with Crippen LogP contribution in [-0.4, -0.2) is 35.6 Å². The average molecular weight is 251 g/mol. The van der Waals surface area contributed by atoms with Gasteiger partial charge in [-0.2, -0.15) is 0 Å². The zero-order valence-corrected chi connectivity index (χ0v) is 11.1. The Bertz CT molecular complexity index is 388. The predicted molar refractivity (Wildman–Crippen MR) is 71.9 cm³/mol. The normalized spacial score (nSPS) is 12.2. The van der Waals surface area contributed by atoms with Gasteiger partial charge < -0.3 is 15.7 Å². The van der Waals surface area contributed by atoms with Crippen LogP contribution in [0.2, 0.25) is 0 Å². The van der Waals surface area contributed by atoms with Crippen molar-refractivity contribution < 1.29 is 9.94 Å². The Balaban J connectivity index is 2.70. The molecule has 0 saturated heterocycles. The fourth-order valence-electron chi connectivity index (χ4n) is 1.63. The molecule has 0 heterocycles. The van der Waals surface area contributed by atoms with Gasteiger partial charge in [0.1, 0.15) is 5.75 Å². The van der Waals surface area contributed by atoms with Crippen molar-refractivity contribution in [2.24, 2.45) is 10.9 Å². The summed E-state index contributed by atoms with van der Waals surface area (Å²) in [6.07, 6.45) is 0. The molecule has 0 bridgehead atoms. The van der Waals surface area contributed by atoms with Crippen LogP contribution in [0.4, 0.5) is 0 Å². The Morgan fingerprint density at radius 2 is 2.00 bits per heavy atom. The topological polar surface area (TPSA) is 71.1 Å². The highest BCUT2D eigenvalue weighted by Gasteiger charge is 2.12. The highest BCUT2D eigenvalue weighted by molar-refractivity contribution is 5.81. The lowest BCUT2D eigenvalue weighted by Crippen LogP contribution is -2.38. The number of nitrogens with two attached hydrogens (primary N) is 1. The first-order chi connectivity index (χ1) is 8.56. The van der Waals surface area contributed by atoms with E-state index in [0.717, 1.165) is 17.9 Å². The largest absolute Gasteiger partial charge is 0.497 e. The van der Waals surface area contributed by atoms with Crippen molar-refractivity contribution in [1.29, 1.82) is 0 Å². The van der Waals surface area contributed by atoms with E-state index >= 15 is 0 Å².